The van der Waals surface area contributed by atoms with E-state index in [1.807, 2.05) is 17.6 Å². The van der Waals surface area contributed by atoms with Crippen LogP contribution in [0.3, 0.4) is 0 Å². The first-order valence-electron chi connectivity index (χ1n) is 3.92. The van der Waals surface area contributed by atoms with Gasteiger partial charge in [0.05, 0.1) is 5.52 Å². The van der Waals surface area contributed by atoms with Crippen LogP contribution in [0.25, 0.3) is 5.52 Å². The summed E-state index contributed by atoms with van der Waals surface area (Å²) < 4.78 is 2.00. The third-order valence-electron chi connectivity index (χ3n) is 1.93. The van der Waals surface area contributed by atoms with Gasteiger partial charge in [-0.3, -0.25) is 0 Å². The minimum Gasteiger partial charge on any atom is -0.371 e. The SMILES string of the molecule is CNc1ncn2ccc(C)cc12.Cl. The Labute approximate surface area is 83.2 Å². The second-order valence-corrected chi connectivity index (χ2v) is 2.84. The first kappa shape index (κ1) is 9.86. The van der Waals surface area contributed by atoms with E-state index in [-0.39, 0.29) is 12.4 Å². The summed E-state index contributed by atoms with van der Waals surface area (Å²) in [5.41, 5.74) is 2.37. The predicted octanol–water partition coefficient (Wildman–Crippen LogP) is 2.11. The highest BCUT2D eigenvalue weighted by Gasteiger charge is 2.00. The van der Waals surface area contributed by atoms with Gasteiger partial charge in [0.2, 0.25) is 0 Å². The normalized spacial score (nSPS) is 9.69. The van der Waals surface area contributed by atoms with Crippen molar-refractivity contribution >= 4 is 23.7 Å². The van der Waals surface area contributed by atoms with Crippen molar-refractivity contribution in [2.45, 2.75) is 6.92 Å². The van der Waals surface area contributed by atoms with Gasteiger partial charge in [-0.1, -0.05) is 0 Å². The number of pyridine rings is 1. The molecule has 0 aliphatic heterocycles. The number of hydrogen-bond donors (Lipinski definition) is 1. The summed E-state index contributed by atoms with van der Waals surface area (Å²) in [6.07, 6.45) is 3.82. The van der Waals surface area contributed by atoms with E-state index in [9.17, 15) is 0 Å². The summed E-state index contributed by atoms with van der Waals surface area (Å²) in [5.74, 6) is 0.929. The van der Waals surface area contributed by atoms with Crippen molar-refractivity contribution in [2.24, 2.45) is 0 Å². The predicted molar refractivity (Wildman–Crippen MR) is 56.7 cm³/mol. The number of nitrogens with zero attached hydrogens (tertiary/aromatic N) is 2. The Balaban J connectivity index is 0.000000845. The molecule has 0 aliphatic carbocycles. The van der Waals surface area contributed by atoms with Gasteiger partial charge in [-0.25, -0.2) is 4.98 Å². The van der Waals surface area contributed by atoms with Crippen LogP contribution in [0.5, 0.6) is 0 Å². The minimum absolute atomic E-state index is 0. The van der Waals surface area contributed by atoms with Crippen molar-refractivity contribution in [3.63, 3.8) is 0 Å². The zero-order valence-electron chi connectivity index (χ0n) is 7.61. The highest BCUT2D eigenvalue weighted by molar-refractivity contribution is 5.85. The minimum atomic E-state index is 0. The maximum Gasteiger partial charge on any atom is 0.151 e. The molecule has 2 aromatic heterocycles. The fourth-order valence-corrected chi connectivity index (χ4v) is 1.29. The molecule has 0 saturated heterocycles. The molecule has 0 bridgehead atoms. The molecule has 2 rings (SSSR count). The van der Waals surface area contributed by atoms with Crippen molar-refractivity contribution < 1.29 is 0 Å². The molecule has 0 amide bonds. The lowest BCUT2D eigenvalue weighted by Gasteiger charge is -1.97. The van der Waals surface area contributed by atoms with Crippen LogP contribution >= 0.6 is 12.4 Å². The van der Waals surface area contributed by atoms with Gasteiger partial charge >= 0.3 is 0 Å². The molecule has 0 atom stereocenters. The van der Waals surface area contributed by atoms with Crippen LogP contribution in [0, 0.1) is 6.92 Å². The number of rotatable bonds is 1. The molecule has 4 heteroatoms. The molecule has 0 fully saturated rings. The van der Waals surface area contributed by atoms with E-state index < -0.39 is 0 Å². The van der Waals surface area contributed by atoms with Gasteiger partial charge < -0.3 is 9.72 Å². The largest absolute Gasteiger partial charge is 0.371 e. The average Bonchev–Trinajstić information content (AvgIpc) is 2.46. The number of anilines is 1. The molecule has 0 saturated carbocycles. The fraction of sp³-hybridized carbons (Fsp3) is 0.222. The molecule has 13 heavy (non-hydrogen) atoms. The number of imidazole rings is 1. The first-order valence-corrected chi connectivity index (χ1v) is 3.92. The Bertz CT molecular complexity index is 408. The van der Waals surface area contributed by atoms with Crippen LogP contribution in [0.15, 0.2) is 24.7 Å². The van der Waals surface area contributed by atoms with E-state index in [1.165, 1.54) is 5.56 Å². The maximum absolute atomic E-state index is 4.21. The summed E-state index contributed by atoms with van der Waals surface area (Å²) in [7, 11) is 1.88. The molecule has 3 nitrogen and oxygen atoms in total. The van der Waals surface area contributed by atoms with E-state index >= 15 is 0 Å². The first-order chi connectivity index (χ1) is 5.81. The van der Waals surface area contributed by atoms with Gasteiger partial charge in [0.15, 0.2) is 5.82 Å². The van der Waals surface area contributed by atoms with Gasteiger partial charge in [0, 0.05) is 13.2 Å². The summed E-state index contributed by atoms with van der Waals surface area (Å²) in [6.45, 7) is 2.08. The maximum atomic E-state index is 4.21. The third kappa shape index (κ3) is 1.60. The number of aromatic nitrogens is 2. The Hall–Kier alpha value is -1.22. The van der Waals surface area contributed by atoms with Crippen LogP contribution < -0.4 is 5.32 Å². The van der Waals surface area contributed by atoms with Gasteiger partial charge in [0.25, 0.3) is 0 Å². The molecule has 0 aliphatic rings. The van der Waals surface area contributed by atoms with Gasteiger partial charge in [-0.15, -0.1) is 12.4 Å². The van der Waals surface area contributed by atoms with E-state index in [1.54, 1.807) is 6.33 Å². The van der Waals surface area contributed by atoms with Crippen LogP contribution in [-0.2, 0) is 0 Å². The van der Waals surface area contributed by atoms with E-state index in [2.05, 4.69) is 29.4 Å². The Morgan fingerprint density at radius 2 is 2.23 bits per heavy atom. The Morgan fingerprint density at radius 3 is 2.92 bits per heavy atom. The summed E-state index contributed by atoms with van der Waals surface area (Å²) >= 11 is 0. The van der Waals surface area contributed by atoms with Crippen LogP contribution in [0.4, 0.5) is 5.82 Å². The number of halogens is 1. The van der Waals surface area contributed by atoms with Crippen molar-refractivity contribution in [3.05, 3.63) is 30.2 Å². The standard InChI is InChI=1S/C9H11N3.ClH/c1-7-3-4-12-6-11-9(10-2)8(12)5-7;/h3-6,10H,1-2H3;1H. The van der Waals surface area contributed by atoms with Crippen molar-refractivity contribution in [1.29, 1.82) is 0 Å². The van der Waals surface area contributed by atoms with Gasteiger partial charge in [0.1, 0.15) is 6.33 Å². The highest BCUT2D eigenvalue weighted by Crippen LogP contribution is 2.14. The number of nitrogens with one attached hydrogen (secondary N) is 1. The lowest BCUT2D eigenvalue weighted by molar-refractivity contribution is 1.14. The van der Waals surface area contributed by atoms with Gasteiger partial charge in [-0.2, -0.15) is 0 Å². The second kappa shape index (κ2) is 3.66. The zero-order chi connectivity index (χ0) is 8.55. The number of aryl methyl sites for hydroxylation is 1. The molecular weight excluding hydrogens is 186 g/mol. The van der Waals surface area contributed by atoms with Crippen LogP contribution in [0.2, 0.25) is 0 Å². The van der Waals surface area contributed by atoms with E-state index in [0.717, 1.165) is 11.3 Å². The Kier molecular flexibility index (Phi) is 2.78. The zero-order valence-corrected chi connectivity index (χ0v) is 8.43. The van der Waals surface area contributed by atoms with E-state index in [0.29, 0.717) is 0 Å². The topological polar surface area (TPSA) is 29.3 Å². The third-order valence-corrected chi connectivity index (χ3v) is 1.93. The summed E-state index contributed by atoms with van der Waals surface area (Å²) in [4.78, 5) is 4.21. The lowest BCUT2D eigenvalue weighted by Crippen LogP contribution is -1.89. The van der Waals surface area contributed by atoms with Crippen LogP contribution in [-0.4, -0.2) is 16.4 Å². The summed E-state index contributed by atoms with van der Waals surface area (Å²) in [6, 6.07) is 4.17. The van der Waals surface area contributed by atoms with E-state index in [4.69, 9.17) is 0 Å². The molecule has 0 aromatic carbocycles. The molecule has 0 radical (unpaired) electrons. The quantitative estimate of drug-likeness (QED) is 0.759. The molecule has 0 spiro atoms. The molecule has 70 valence electrons. The highest BCUT2D eigenvalue weighted by atomic mass is 35.5. The van der Waals surface area contributed by atoms with Crippen molar-refractivity contribution in [1.82, 2.24) is 9.38 Å². The molecule has 1 N–H and O–H groups in total. The molecule has 0 unspecified atom stereocenters. The fourth-order valence-electron chi connectivity index (χ4n) is 1.29. The monoisotopic (exact) mass is 197 g/mol. The van der Waals surface area contributed by atoms with Gasteiger partial charge in [-0.05, 0) is 24.6 Å². The molecular formula is C9H12ClN3. The average molecular weight is 198 g/mol. The Morgan fingerprint density at radius 1 is 1.46 bits per heavy atom. The smallest absolute Gasteiger partial charge is 0.151 e. The van der Waals surface area contributed by atoms with Crippen LogP contribution in [0.1, 0.15) is 5.56 Å². The van der Waals surface area contributed by atoms with Crippen molar-refractivity contribution in [2.75, 3.05) is 12.4 Å². The summed E-state index contributed by atoms with van der Waals surface area (Å²) in [5, 5.41) is 3.05. The van der Waals surface area contributed by atoms with Crippen molar-refractivity contribution in [3.8, 4) is 0 Å². The molecule has 2 aromatic rings. The second-order valence-electron chi connectivity index (χ2n) is 2.84. The molecule has 2 heterocycles. The number of hydrogen-bond acceptors (Lipinski definition) is 2. The number of fused-ring (bicyclic) bond motifs is 1. The lowest BCUT2D eigenvalue weighted by atomic mass is 10.3.